The largest absolute Gasteiger partial charge is 0.322 e. The summed E-state index contributed by atoms with van der Waals surface area (Å²) in [6.45, 7) is 0. The molecule has 0 aliphatic heterocycles. The lowest BCUT2D eigenvalue weighted by molar-refractivity contribution is 0.0966. The fourth-order valence-electron chi connectivity index (χ4n) is 3.29. The molecule has 106 valence electrons. The Hall–Kier alpha value is -1.00. The minimum Gasteiger partial charge on any atom is -0.322 e. The number of likely N-dealkylation sites (N-methyl/N-ethyl adjacent to an activating group) is 1. The van der Waals surface area contributed by atoms with Gasteiger partial charge in [0.25, 0.3) is 0 Å². The second-order valence-corrected chi connectivity index (χ2v) is 5.83. The van der Waals surface area contributed by atoms with Gasteiger partial charge in [0.05, 0.1) is 6.20 Å². The van der Waals surface area contributed by atoms with E-state index in [1.54, 1.807) is 6.20 Å². The third-order valence-electron chi connectivity index (χ3n) is 4.52. The van der Waals surface area contributed by atoms with Gasteiger partial charge < -0.3 is 10.6 Å². The second-order valence-electron chi connectivity index (χ2n) is 5.83. The predicted octanol–water partition coefficient (Wildman–Crippen LogP) is 2.88. The van der Waals surface area contributed by atoms with E-state index >= 15 is 0 Å². The lowest BCUT2D eigenvalue weighted by Gasteiger charge is -2.44. The van der Waals surface area contributed by atoms with Crippen molar-refractivity contribution in [3.05, 3.63) is 29.8 Å². The molecular weight excluding hydrogens is 241 g/mol. The fourth-order valence-corrected chi connectivity index (χ4v) is 3.29. The maximum Gasteiger partial charge on any atom is 0.141 e. The Morgan fingerprint density at radius 1 is 1.21 bits per heavy atom. The van der Waals surface area contributed by atoms with Gasteiger partial charge >= 0.3 is 0 Å². The number of hydrogen-bond donors (Lipinski definition) is 1. The predicted molar refractivity (Wildman–Crippen MR) is 75.2 cm³/mol. The summed E-state index contributed by atoms with van der Waals surface area (Å²) in [6.07, 6.45) is 9.97. The van der Waals surface area contributed by atoms with Gasteiger partial charge in [-0.1, -0.05) is 25.7 Å². The smallest absolute Gasteiger partial charge is 0.141 e. The molecule has 1 heterocycles. The van der Waals surface area contributed by atoms with Crippen LogP contribution in [0.25, 0.3) is 0 Å². The number of rotatable bonds is 3. The van der Waals surface area contributed by atoms with Gasteiger partial charge in [0, 0.05) is 17.8 Å². The molecule has 0 aromatic carbocycles. The van der Waals surface area contributed by atoms with Gasteiger partial charge in [0.1, 0.15) is 5.82 Å². The van der Waals surface area contributed by atoms with Gasteiger partial charge in [0.2, 0.25) is 0 Å². The Labute approximate surface area is 115 Å². The topological polar surface area (TPSA) is 42.1 Å². The van der Waals surface area contributed by atoms with Crippen LogP contribution < -0.4 is 5.73 Å². The lowest BCUT2D eigenvalue weighted by Crippen LogP contribution is -2.52. The maximum absolute atomic E-state index is 13.4. The van der Waals surface area contributed by atoms with Gasteiger partial charge in [-0.25, -0.2) is 4.39 Å². The van der Waals surface area contributed by atoms with Crippen LogP contribution in [0.2, 0.25) is 0 Å². The number of hydrogen-bond acceptors (Lipinski definition) is 3. The molecule has 4 heteroatoms. The molecule has 3 nitrogen and oxygen atoms in total. The van der Waals surface area contributed by atoms with E-state index < -0.39 is 0 Å². The molecule has 2 N–H and O–H groups in total. The standard InChI is InChI=1S/C15H24FN3/c1-19(2)15(7-5-3-4-6-8-15)14(17)12-9-13(16)11-18-10-12/h9-11,14H,3-8,17H2,1-2H3. The van der Waals surface area contributed by atoms with Crippen molar-refractivity contribution in [2.24, 2.45) is 5.73 Å². The molecule has 1 fully saturated rings. The van der Waals surface area contributed by atoms with Gasteiger partial charge in [-0.15, -0.1) is 0 Å². The van der Waals surface area contributed by atoms with Crippen molar-refractivity contribution >= 4 is 0 Å². The first-order valence-electron chi connectivity index (χ1n) is 7.10. The first-order chi connectivity index (χ1) is 9.06. The van der Waals surface area contributed by atoms with Crippen molar-refractivity contribution in [2.45, 2.75) is 50.1 Å². The second kappa shape index (κ2) is 5.97. The van der Waals surface area contributed by atoms with Crippen LogP contribution in [-0.2, 0) is 0 Å². The molecule has 0 bridgehead atoms. The molecule has 2 rings (SSSR count). The van der Waals surface area contributed by atoms with E-state index in [1.807, 2.05) is 0 Å². The summed E-state index contributed by atoms with van der Waals surface area (Å²) in [4.78, 5) is 6.17. The highest BCUT2D eigenvalue weighted by Gasteiger charge is 2.39. The zero-order valence-electron chi connectivity index (χ0n) is 11.9. The molecule has 1 aliphatic carbocycles. The molecule has 1 atom stereocenters. The van der Waals surface area contributed by atoms with Gasteiger partial charge in [-0.2, -0.15) is 0 Å². The monoisotopic (exact) mass is 265 g/mol. The van der Waals surface area contributed by atoms with Crippen molar-refractivity contribution in [1.29, 1.82) is 0 Å². The minimum absolute atomic E-state index is 0.0774. The highest BCUT2D eigenvalue weighted by molar-refractivity contribution is 5.20. The van der Waals surface area contributed by atoms with E-state index in [9.17, 15) is 4.39 Å². The SMILES string of the molecule is CN(C)C1(C(N)c2cncc(F)c2)CCCCCC1. The van der Waals surface area contributed by atoms with Crippen LogP contribution in [-0.4, -0.2) is 29.5 Å². The van der Waals surface area contributed by atoms with Crippen LogP contribution in [0.4, 0.5) is 4.39 Å². The molecule has 0 amide bonds. The number of aromatic nitrogens is 1. The summed E-state index contributed by atoms with van der Waals surface area (Å²) in [5.41, 5.74) is 7.22. The normalized spacial score (nSPS) is 21.1. The van der Waals surface area contributed by atoms with Crippen molar-refractivity contribution < 1.29 is 4.39 Å². The van der Waals surface area contributed by atoms with Crippen molar-refractivity contribution in [2.75, 3.05) is 14.1 Å². The molecular formula is C15H24FN3. The Balaban J connectivity index is 2.32. The summed E-state index contributed by atoms with van der Waals surface area (Å²) in [5.74, 6) is -0.310. The van der Waals surface area contributed by atoms with Crippen LogP contribution >= 0.6 is 0 Å². The van der Waals surface area contributed by atoms with Crippen molar-refractivity contribution in [1.82, 2.24) is 9.88 Å². The highest BCUT2D eigenvalue weighted by atomic mass is 19.1. The zero-order chi connectivity index (χ0) is 13.9. The summed E-state index contributed by atoms with van der Waals surface area (Å²) < 4.78 is 13.4. The molecule has 1 unspecified atom stereocenters. The van der Waals surface area contributed by atoms with Crippen LogP contribution in [0.3, 0.4) is 0 Å². The quantitative estimate of drug-likeness (QED) is 0.854. The van der Waals surface area contributed by atoms with Crippen LogP contribution in [0.1, 0.15) is 50.1 Å². The first kappa shape index (κ1) is 14.4. The summed E-state index contributed by atoms with van der Waals surface area (Å²) in [7, 11) is 4.16. The average molecular weight is 265 g/mol. The Kier molecular flexibility index (Phi) is 4.53. The number of pyridine rings is 1. The number of nitrogens with zero attached hydrogens (tertiary/aromatic N) is 2. The van der Waals surface area contributed by atoms with Gasteiger partial charge in [0.15, 0.2) is 0 Å². The minimum atomic E-state index is -0.310. The van der Waals surface area contributed by atoms with E-state index in [4.69, 9.17) is 5.73 Å². The lowest BCUT2D eigenvalue weighted by atomic mass is 9.79. The molecule has 0 radical (unpaired) electrons. The number of halogens is 1. The van der Waals surface area contributed by atoms with Crippen LogP contribution in [0.15, 0.2) is 18.5 Å². The Bertz CT molecular complexity index is 412. The van der Waals surface area contributed by atoms with Crippen molar-refractivity contribution in [3.8, 4) is 0 Å². The highest BCUT2D eigenvalue weighted by Crippen LogP contribution is 2.39. The van der Waals surface area contributed by atoms with Crippen LogP contribution in [0.5, 0.6) is 0 Å². The molecule has 1 aliphatic rings. The molecule has 0 spiro atoms. The summed E-state index contributed by atoms with van der Waals surface area (Å²) >= 11 is 0. The molecule has 1 aromatic heterocycles. The van der Waals surface area contributed by atoms with E-state index in [0.29, 0.717) is 0 Å². The Morgan fingerprint density at radius 3 is 2.37 bits per heavy atom. The van der Waals surface area contributed by atoms with E-state index in [0.717, 1.165) is 18.4 Å². The summed E-state index contributed by atoms with van der Waals surface area (Å²) in [5, 5.41) is 0. The van der Waals surface area contributed by atoms with Crippen LogP contribution in [0, 0.1) is 5.82 Å². The summed E-state index contributed by atoms with van der Waals surface area (Å²) in [6, 6.07) is 1.33. The van der Waals surface area contributed by atoms with E-state index in [2.05, 4.69) is 24.0 Å². The zero-order valence-corrected chi connectivity index (χ0v) is 11.9. The maximum atomic E-state index is 13.4. The molecule has 19 heavy (non-hydrogen) atoms. The van der Waals surface area contributed by atoms with Gasteiger partial charge in [-0.05, 0) is 38.6 Å². The Morgan fingerprint density at radius 2 is 1.84 bits per heavy atom. The first-order valence-corrected chi connectivity index (χ1v) is 7.10. The van der Waals surface area contributed by atoms with E-state index in [-0.39, 0.29) is 17.4 Å². The van der Waals surface area contributed by atoms with E-state index in [1.165, 1.54) is 37.9 Å². The number of nitrogens with two attached hydrogens (primary N) is 1. The van der Waals surface area contributed by atoms with Crippen molar-refractivity contribution in [3.63, 3.8) is 0 Å². The molecule has 1 aromatic rings. The molecule has 1 saturated carbocycles. The van der Waals surface area contributed by atoms with Gasteiger partial charge in [-0.3, -0.25) is 4.98 Å². The average Bonchev–Trinajstić information content (AvgIpc) is 2.64. The third-order valence-corrected chi connectivity index (χ3v) is 4.52. The third kappa shape index (κ3) is 2.95. The molecule has 0 saturated heterocycles. The fraction of sp³-hybridized carbons (Fsp3) is 0.667.